The van der Waals surface area contributed by atoms with E-state index in [0.717, 1.165) is 23.8 Å². The van der Waals surface area contributed by atoms with Crippen molar-refractivity contribution in [2.45, 2.75) is 19.4 Å². The molecule has 5 nitrogen and oxygen atoms in total. The molecule has 3 aromatic carbocycles. The molecule has 3 aromatic rings. The summed E-state index contributed by atoms with van der Waals surface area (Å²) in [5.74, 6) is -0.0745. The predicted octanol–water partition coefficient (Wildman–Crippen LogP) is 3.34. The standard InChI is InChI=1S/C25H24N2O3/c28-24(22-10-9-19-8-7-18-4-2-6-21(22)23(18)19)26-16-17-3-1-5-20(15-17)25(29)27-11-13-30-14-12-27/h1-6,9-10,15H,7-8,11-14,16H2,(H,26,28). The second kappa shape index (κ2) is 7.92. The molecule has 1 N–H and O–H groups in total. The molecular formula is C25H24N2O3. The molecule has 0 saturated carbocycles. The quantitative estimate of drug-likeness (QED) is 0.731. The van der Waals surface area contributed by atoms with Gasteiger partial charge in [-0.3, -0.25) is 9.59 Å². The fourth-order valence-corrected chi connectivity index (χ4v) is 4.49. The first-order valence-corrected chi connectivity index (χ1v) is 10.5. The molecule has 2 amide bonds. The highest BCUT2D eigenvalue weighted by Crippen LogP contribution is 2.32. The number of carbonyl (C=O) groups excluding carboxylic acids is 2. The van der Waals surface area contributed by atoms with E-state index in [2.05, 4.69) is 17.4 Å². The molecule has 1 fully saturated rings. The van der Waals surface area contributed by atoms with Gasteiger partial charge >= 0.3 is 0 Å². The number of hydrogen-bond donors (Lipinski definition) is 1. The Hall–Kier alpha value is -3.18. The van der Waals surface area contributed by atoms with E-state index in [1.54, 1.807) is 0 Å². The van der Waals surface area contributed by atoms with Crippen LogP contribution in [0.15, 0.2) is 54.6 Å². The summed E-state index contributed by atoms with van der Waals surface area (Å²) in [5.41, 5.74) is 4.92. The number of hydrogen-bond acceptors (Lipinski definition) is 3. The lowest BCUT2D eigenvalue weighted by atomic mass is 9.99. The number of rotatable bonds is 4. The molecule has 1 aliphatic heterocycles. The SMILES string of the molecule is O=C(NCc1cccc(C(=O)N2CCOCC2)c1)c1ccc2c3c(cccc13)CC2. The van der Waals surface area contributed by atoms with Crippen LogP contribution in [0, 0.1) is 0 Å². The molecule has 1 heterocycles. The monoisotopic (exact) mass is 400 g/mol. The number of amides is 2. The third kappa shape index (κ3) is 3.46. The smallest absolute Gasteiger partial charge is 0.254 e. The normalized spacial score (nSPS) is 15.4. The molecule has 0 radical (unpaired) electrons. The van der Waals surface area contributed by atoms with Gasteiger partial charge in [0.2, 0.25) is 0 Å². The number of aryl methyl sites for hydroxylation is 2. The van der Waals surface area contributed by atoms with Crippen LogP contribution in [0.4, 0.5) is 0 Å². The molecule has 5 heteroatoms. The highest BCUT2D eigenvalue weighted by molar-refractivity contribution is 6.09. The maximum atomic E-state index is 12.9. The lowest BCUT2D eigenvalue weighted by Gasteiger charge is -2.27. The van der Waals surface area contributed by atoms with E-state index < -0.39 is 0 Å². The summed E-state index contributed by atoms with van der Waals surface area (Å²) in [4.78, 5) is 27.5. The topological polar surface area (TPSA) is 58.6 Å². The van der Waals surface area contributed by atoms with Crippen LogP contribution in [0.25, 0.3) is 10.8 Å². The Balaban J connectivity index is 1.32. The number of nitrogens with one attached hydrogen (secondary N) is 1. The molecule has 1 aliphatic carbocycles. The van der Waals surface area contributed by atoms with Crippen molar-refractivity contribution < 1.29 is 14.3 Å². The largest absolute Gasteiger partial charge is 0.378 e. The molecule has 2 aliphatic rings. The molecule has 0 bridgehead atoms. The Morgan fingerprint density at radius 1 is 0.933 bits per heavy atom. The minimum absolute atomic E-state index is 0.0129. The number of carbonyl (C=O) groups is 2. The van der Waals surface area contributed by atoms with Crippen LogP contribution < -0.4 is 5.32 Å². The number of morpholine rings is 1. The van der Waals surface area contributed by atoms with Gasteiger partial charge in [-0.05, 0) is 58.5 Å². The first kappa shape index (κ1) is 18.8. The highest BCUT2D eigenvalue weighted by atomic mass is 16.5. The van der Waals surface area contributed by atoms with Crippen LogP contribution in [-0.4, -0.2) is 43.0 Å². The fourth-order valence-electron chi connectivity index (χ4n) is 4.49. The van der Waals surface area contributed by atoms with E-state index >= 15 is 0 Å². The van der Waals surface area contributed by atoms with Crippen molar-refractivity contribution in [3.8, 4) is 0 Å². The zero-order valence-corrected chi connectivity index (χ0v) is 16.8. The van der Waals surface area contributed by atoms with E-state index in [-0.39, 0.29) is 11.8 Å². The van der Waals surface area contributed by atoms with Gasteiger partial charge in [-0.1, -0.05) is 36.4 Å². The maximum absolute atomic E-state index is 12.9. The summed E-state index contributed by atoms with van der Waals surface area (Å²) >= 11 is 0. The van der Waals surface area contributed by atoms with Crippen LogP contribution in [0.2, 0.25) is 0 Å². The average molecular weight is 400 g/mol. The Bertz CT molecular complexity index is 1120. The number of benzene rings is 3. The molecule has 0 atom stereocenters. The third-order valence-corrected chi connectivity index (χ3v) is 6.05. The first-order chi connectivity index (χ1) is 14.7. The predicted molar refractivity (Wildman–Crippen MR) is 116 cm³/mol. The summed E-state index contributed by atoms with van der Waals surface area (Å²) < 4.78 is 5.32. The molecule has 0 unspecified atom stereocenters. The minimum Gasteiger partial charge on any atom is -0.378 e. The van der Waals surface area contributed by atoms with Crippen LogP contribution in [0.1, 0.15) is 37.4 Å². The van der Waals surface area contributed by atoms with Gasteiger partial charge in [-0.15, -0.1) is 0 Å². The van der Waals surface area contributed by atoms with Crippen molar-refractivity contribution in [1.29, 1.82) is 0 Å². The van der Waals surface area contributed by atoms with E-state index in [0.29, 0.717) is 44.0 Å². The first-order valence-electron chi connectivity index (χ1n) is 10.5. The van der Waals surface area contributed by atoms with Gasteiger partial charge in [-0.25, -0.2) is 0 Å². The van der Waals surface area contributed by atoms with Crippen molar-refractivity contribution in [2.75, 3.05) is 26.3 Å². The zero-order chi connectivity index (χ0) is 20.5. The molecule has 5 rings (SSSR count). The van der Waals surface area contributed by atoms with Gasteiger partial charge in [0.1, 0.15) is 0 Å². The Morgan fingerprint density at radius 3 is 2.53 bits per heavy atom. The molecule has 1 saturated heterocycles. The van der Waals surface area contributed by atoms with E-state index in [9.17, 15) is 9.59 Å². The summed E-state index contributed by atoms with van der Waals surface area (Å²) in [6, 6.07) is 17.7. The van der Waals surface area contributed by atoms with E-state index in [1.165, 1.54) is 16.5 Å². The van der Waals surface area contributed by atoms with E-state index in [1.807, 2.05) is 47.4 Å². The molecule has 30 heavy (non-hydrogen) atoms. The van der Waals surface area contributed by atoms with Crippen LogP contribution >= 0.6 is 0 Å². The fraction of sp³-hybridized carbons (Fsp3) is 0.280. The van der Waals surface area contributed by atoms with Crippen LogP contribution in [0.5, 0.6) is 0 Å². The van der Waals surface area contributed by atoms with Crippen molar-refractivity contribution in [2.24, 2.45) is 0 Å². The summed E-state index contributed by atoms with van der Waals surface area (Å²) in [7, 11) is 0. The summed E-state index contributed by atoms with van der Waals surface area (Å²) in [6.07, 6.45) is 2.09. The van der Waals surface area contributed by atoms with Crippen molar-refractivity contribution >= 4 is 22.6 Å². The van der Waals surface area contributed by atoms with Crippen molar-refractivity contribution in [3.05, 3.63) is 82.4 Å². The summed E-state index contributed by atoms with van der Waals surface area (Å²) in [5, 5.41) is 5.29. The second-order valence-corrected chi connectivity index (χ2v) is 7.90. The van der Waals surface area contributed by atoms with Gasteiger partial charge < -0.3 is 15.0 Å². The lowest BCUT2D eigenvalue weighted by Crippen LogP contribution is -2.40. The van der Waals surface area contributed by atoms with E-state index in [4.69, 9.17) is 4.74 Å². The highest BCUT2D eigenvalue weighted by Gasteiger charge is 2.20. The molecule has 0 spiro atoms. The minimum atomic E-state index is -0.0875. The van der Waals surface area contributed by atoms with Gasteiger partial charge in [0.25, 0.3) is 11.8 Å². The molecular weight excluding hydrogens is 376 g/mol. The zero-order valence-electron chi connectivity index (χ0n) is 16.8. The van der Waals surface area contributed by atoms with Gasteiger partial charge in [-0.2, -0.15) is 0 Å². The van der Waals surface area contributed by atoms with Gasteiger partial charge in [0.15, 0.2) is 0 Å². The third-order valence-electron chi connectivity index (χ3n) is 6.05. The summed E-state index contributed by atoms with van der Waals surface area (Å²) in [6.45, 7) is 2.77. The molecule has 0 aromatic heterocycles. The Morgan fingerprint density at radius 2 is 1.70 bits per heavy atom. The molecule has 152 valence electrons. The van der Waals surface area contributed by atoms with Crippen LogP contribution in [-0.2, 0) is 24.1 Å². The van der Waals surface area contributed by atoms with Crippen molar-refractivity contribution in [1.82, 2.24) is 10.2 Å². The lowest BCUT2D eigenvalue weighted by molar-refractivity contribution is 0.0303. The second-order valence-electron chi connectivity index (χ2n) is 7.90. The maximum Gasteiger partial charge on any atom is 0.254 e. The van der Waals surface area contributed by atoms with Gasteiger partial charge in [0.05, 0.1) is 13.2 Å². The van der Waals surface area contributed by atoms with Crippen molar-refractivity contribution in [3.63, 3.8) is 0 Å². The number of ether oxygens (including phenoxy) is 1. The van der Waals surface area contributed by atoms with Gasteiger partial charge in [0, 0.05) is 30.8 Å². The Labute approximate surface area is 175 Å². The average Bonchev–Trinajstić information content (AvgIpc) is 3.23. The van der Waals surface area contributed by atoms with Crippen LogP contribution in [0.3, 0.4) is 0 Å². The number of nitrogens with zero attached hydrogens (tertiary/aromatic N) is 1. The Kier molecular flexibility index (Phi) is 4.97.